The van der Waals surface area contributed by atoms with Crippen molar-refractivity contribution in [3.8, 4) is 12.1 Å². The molecule has 3 atom stereocenters. The highest BCUT2D eigenvalue weighted by Crippen LogP contribution is 2.51. The van der Waals surface area contributed by atoms with Gasteiger partial charge in [0, 0.05) is 62.4 Å². The molecule has 4 aliphatic rings. The Morgan fingerprint density at radius 3 is 2.74 bits per heavy atom. The fourth-order valence-corrected chi connectivity index (χ4v) is 8.11. The number of ether oxygens (including phenoxy) is 1. The molecule has 2 aromatic heterocycles. The van der Waals surface area contributed by atoms with Crippen LogP contribution in [-0.4, -0.2) is 71.3 Å². The van der Waals surface area contributed by atoms with Crippen LogP contribution in [0, 0.1) is 22.6 Å². The summed E-state index contributed by atoms with van der Waals surface area (Å²) in [4.78, 5) is 20.8. The van der Waals surface area contributed by atoms with E-state index < -0.39 is 11.7 Å². The first-order chi connectivity index (χ1) is 22.5. The van der Waals surface area contributed by atoms with Crippen molar-refractivity contribution in [3.63, 3.8) is 0 Å². The van der Waals surface area contributed by atoms with E-state index in [1.807, 2.05) is 26.2 Å². The van der Waals surface area contributed by atoms with Gasteiger partial charge in [0.2, 0.25) is 0 Å². The van der Waals surface area contributed by atoms with Crippen LogP contribution < -0.4 is 21.1 Å². The van der Waals surface area contributed by atoms with Crippen LogP contribution in [-0.2, 0) is 24.9 Å². The lowest BCUT2D eigenvalue weighted by Gasteiger charge is -2.50. The van der Waals surface area contributed by atoms with Crippen LogP contribution in [0.3, 0.4) is 0 Å². The van der Waals surface area contributed by atoms with Crippen molar-refractivity contribution in [1.82, 2.24) is 24.8 Å². The summed E-state index contributed by atoms with van der Waals surface area (Å²) in [7, 11) is 4.00. The van der Waals surface area contributed by atoms with Gasteiger partial charge in [-0.05, 0) is 75.8 Å². The van der Waals surface area contributed by atoms with E-state index in [1.165, 1.54) is 6.07 Å². The molecule has 10 nitrogen and oxygen atoms in total. The van der Waals surface area contributed by atoms with Crippen LogP contribution in [0.4, 0.5) is 26.1 Å². The van der Waals surface area contributed by atoms with E-state index in [1.54, 1.807) is 6.20 Å². The predicted octanol–water partition coefficient (Wildman–Crippen LogP) is 4.67. The molecule has 1 aromatic carbocycles. The maximum Gasteiger partial charge on any atom is 0.318 e. The third kappa shape index (κ3) is 5.53. The van der Waals surface area contributed by atoms with Crippen molar-refractivity contribution in [1.29, 1.82) is 5.26 Å². The second kappa shape index (κ2) is 11.9. The molecule has 2 fully saturated rings. The van der Waals surface area contributed by atoms with Crippen LogP contribution >= 0.6 is 0 Å². The minimum atomic E-state index is -0.759. The summed E-state index contributed by atoms with van der Waals surface area (Å²) < 4.78 is 35.8. The number of benzene rings is 1. The summed E-state index contributed by atoms with van der Waals surface area (Å²) in [6.07, 6.45) is 6.04. The van der Waals surface area contributed by atoms with E-state index in [0.29, 0.717) is 61.5 Å². The zero-order valence-corrected chi connectivity index (χ0v) is 27.4. The normalized spacial score (nSPS) is 24.0. The number of halogens is 2. The molecule has 0 bridgehead atoms. The smallest absolute Gasteiger partial charge is 0.318 e. The number of nitrogen functional groups attached to an aromatic ring is 2. The van der Waals surface area contributed by atoms with Gasteiger partial charge in [-0.1, -0.05) is 6.07 Å². The highest BCUT2D eigenvalue weighted by molar-refractivity contribution is 5.64. The third-order valence-electron chi connectivity index (χ3n) is 11.1. The lowest BCUT2D eigenvalue weighted by atomic mass is 9.68. The summed E-state index contributed by atoms with van der Waals surface area (Å²) in [6.45, 7) is 5.04. The van der Waals surface area contributed by atoms with Gasteiger partial charge in [0.15, 0.2) is 0 Å². The van der Waals surface area contributed by atoms with Crippen molar-refractivity contribution < 1.29 is 13.5 Å². The van der Waals surface area contributed by atoms with E-state index in [4.69, 9.17) is 26.2 Å². The van der Waals surface area contributed by atoms with Gasteiger partial charge in [-0.15, -0.1) is 0 Å². The summed E-state index contributed by atoms with van der Waals surface area (Å²) in [6, 6.07) is 7.53. The number of rotatable bonds is 8. The summed E-state index contributed by atoms with van der Waals surface area (Å²) in [5, 5.41) is 10.2. The molecule has 1 saturated heterocycles. The predicted molar refractivity (Wildman–Crippen MR) is 176 cm³/mol. The average molecular weight is 644 g/mol. The maximum absolute atomic E-state index is 15.4. The minimum absolute atomic E-state index is 0.0344. The number of anilines is 3. The van der Waals surface area contributed by atoms with E-state index in [2.05, 4.69) is 32.7 Å². The molecule has 4 heterocycles. The van der Waals surface area contributed by atoms with Crippen molar-refractivity contribution in [3.05, 3.63) is 63.7 Å². The number of alkyl halides is 1. The standard InChI is InChI=1S/C35H43F2N9O/c1-21(23-7-5-12-41-31(23)40)45(3)32-26-18-44(2)35(9-4-6-24-27(37)14-28(39)25(16-38)30(24)35)15-29(26)42-33(43-32)47-20-34(10-11-34)19-46-13-8-22(36)17-46/h5,7,12,14,21-22H,4,6,8-11,13,15,17-20,39H2,1-3H3,(H2,40,41)/t21-,22-,35-/m1/s1. The topological polar surface area (TPSA) is 133 Å². The second-order valence-corrected chi connectivity index (χ2v) is 14.1. The van der Waals surface area contributed by atoms with Gasteiger partial charge >= 0.3 is 6.01 Å². The van der Waals surface area contributed by atoms with Crippen LogP contribution in [0.25, 0.3) is 0 Å². The molecule has 1 saturated carbocycles. The number of nitrogens with two attached hydrogens (primary N) is 2. The number of aromatic nitrogens is 3. The number of hydrogen-bond acceptors (Lipinski definition) is 10. The van der Waals surface area contributed by atoms with E-state index in [0.717, 1.165) is 61.4 Å². The molecule has 1 spiro atoms. The average Bonchev–Trinajstić information content (AvgIpc) is 3.70. The zero-order valence-electron chi connectivity index (χ0n) is 27.4. The zero-order chi connectivity index (χ0) is 33.1. The second-order valence-electron chi connectivity index (χ2n) is 14.1. The van der Waals surface area contributed by atoms with Gasteiger partial charge < -0.3 is 21.1 Å². The van der Waals surface area contributed by atoms with Gasteiger partial charge in [0.05, 0.1) is 35.1 Å². The molecule has 2 aliphatic heterocycles. The fraction of sp³-hybridized carbons (Fsp3) is 0.543. The Kier molecular flexibility index (Phi) is 7.96. The lowest BCUT2D eigenvalue weighted by molar-refractivity contribution is 0.0712. The molecule has 4 N–H and O–H groups in total. The van der Waals surface area contributed by atoms with Crippen LogP contribution in [0.5, 0.6) is 6.01 Å². The minimum Gasteiger partial charge on any atom is -0.463 e. The summed E-state index contributed by atoms with van der Waals surface area (Å²) in [5.41, 5.74) is 16.2. The Bertz CT molecular complexity index is 1740. The molecule has 0 amide bonds. The molecule has 0 radical (unpaired) electrons. The summed E-state index contributed by atoms with van der Waals surface area (Å²) >= 11 is 0. The molecule has 47 heavy (non-hydrogen) atoms. The SMILES string of the molecule is C[C@H](c1cccnc1N)N(C)c1nc(OCC2(CN3CC[C@@H](F)C3)CC2)nc2c1CN(C)[C@]1(CCCc3c(F)cc(N)c(C#N)c31)C2. The quantitative estimate of drug-likeness (QED) is 0.334. The van der Waals surface area contributed by atoms with Gasteiger partial charge in [0.1, 0.15) is 29.7 Å². The largest absolute Gasteiger partial charge is 0.463 e. The number of fused-ring (bicyclic) bond motifs is 3. The number of nitriles is 1. The first kappa shape index (κ1) is 31.5. The van der Waals surface area contributed by atoms with Crippen molar-refractivity contribution in [2.24, 2.45) is 5.41 Å². The van der Waals surface area contributed by atoms with Gasteiger partial charge in [-0.2, -0.15) is 15.2 Å². The Labute approximate surface area is 274 Å². The van der Waals surface area contributed by atoms with Crippen LogP contribution in [0.1, 0.15) is 78.6 Å². The molecule has 0 unspecified atom stereocenters. The molecular formula is C35H43F2N9O. The van der Waals surface area contributed by atoms with E-state index in [-0.39, 0.29) is 29.0 Å². The van der Waals surface area contributed by atoms with Crippen molar-refractivity contribution >= 4 is 17.3 Å². The molecular weight excluding hydrogens is 600 g/mol. The first-order valence-electron chi connectivity index (χ1n) is 16.6. The van der Waals surface area contributed by atoms with Crippen molar-refractivity contribution in [2.45, 2.75) is 76.2 Å². The van der Waals surface area contributed by atoms with Crippen LogP contribution in [0.2, 0.25) is 0 Å². The Morgan fingerprint density at radius 2 is 2.04 bits per heavy atom. The van der Waals surface area contributed by atoms with Gasteiger partial charge in [-0.25, -0.2) is 13.8 Å². The molecule has 2 aliphatic carbocycles. The Morgan fingerprint density at radius 1 is 1.23 bits per heavy atom. The highest BCUT2D eigenvalue weighted by atomic mass is 19.1. The Balaban J connectivity index is 1.28. The highest BCUT2D eigenvalue weighted by Gasteiger charge is 2.49. The number of pyridine rings is 1. The fourth-order valence-electron chi connectivity index (χ4n) is 8.11. The first-order valence-corrected chi connectivity index (χ1v) is 16.6. The number of likely N-dealkylation sites (tertiary alicyclic amines) is 1. The number of likely N-dealkylation sites (N-methyl/N-ethyl adjacent to an activating group) is 1. The van der Waals surface area contributed by atoms with Gasteiger partial charge in [-0.3, -0.25) is 9.80 Å². The molecule has 12 heteroatoms. The molecule has 3 aromatic rings. The van der Waals surface area contributed by atoms with Crippen LogP contribution in [0.15, 0.2) is 24.4 Å². The van der Waals surface area contributed by atoms with Gasteiger partial charge in [0.25, 0.3) is 0 Å². The third-order valence-corrected chi connectivity index (χ3v) is 11.1. The monoisotopic (exact) mass is 643 g/mol. The molecule has 7 rings (SSSR count). The lowest BCUT2D eigenvalue weighted by Crippen LogP contribution is -2.51. The number of hydrogen-bond donors (Lipinski definition) is 2. The maximum atomic E-state index is 15.4. The van der Waals surface area contributed by atoms with E-state index >= 15 is 4.39 Å². The molecule has 248 valence electrons. The number of nitrogens with zero attached hydrogens (tertiary/aromatic N) is 7. The van der Waals surface area contributed by atoms with E-state index in [9.17, 15) is 9.65 Å². The van der Waals surface area contributed by atoms with Crippen molar-refractivity contribution in [2.75, 3.05) is 56.7 Å². The summed E-state index contributed by atoms with van der Waals surface area (Å²) in [5.74, 6) is 0.817. The Hall–Kier alpha value is -4.08.